The average molecular weight is 133 g/mol. The van der Waals surface area contributed by atoms with E-state index in [4.69, 9.17) is 15.9 Å². The SMILES string of the molecule is CC(CO)[C@H](N)C(=O)O. The van der Waals surface area contributed by atoms with E-state index < -0.39 is 12.0 Å². The smallest absolute Gasteiger partial charge is 0.320 e. The van der Waals surface area contributed by atoms with E-state index in [1.807, 2.05) is 0 Å². The fourth-order valence-corrected chi connectivity index (χ4v) is 0.357. The van der Waals surface area contributed by atoms with Gasteiger partial charge >= 0.3 is 5.97 Å². The Hall–Kier alpha value is -0.610. The molecule has 0 aromatic heterocycles. The molecule has 0 spiro atoms. The molecular weight excluding hydrogens is 122 g/mol. The number of aliphatic hydroxyl groups is 1. The van der Waals surface area contributed by atoms with Crippen LogP contribution in [0.15, 0.2) is 0 Å². The van der Waals surface area contributed by atoms with Gasteiger partial charge in [-0.15, -0.1) is 0 Å². The van der Waals surface area contributed by atoms with Crippen LogP contribution in [0.3, 0.4) is 0 Å². The van der Waals surface area contributed by atoms with E-state index >= 15 is 0 Å². The van der Waals surface area contributed by atoms with Crippen molar-refractivity contribution in [1.82, 2.24) is 0 Å². The predicted octanol–water partition coefficient (Wildman–Crippen LogP) is -0.973. The monoisotopic (exact) mass is 133 g/mol. The van der Waals surface area contributed by atoms with Crippen LogP contribution in [-0.4, -0.2) is 28.8 Å². The highest BCUT2D eigenvalue weighted by molar-refractivity contribution is 5.73. The Morgan fingerprint density at radius 3 is 2.33 bits per heavy atom. The van der Waals surface area contributed by atoms with E-state index in [0.29, 0.717) is 0 Å². The van der Waals surface area contributed by atoms with Gasteiger partial charge in [-0.25, -0.2) is 0 Å². The number of aliphatic carboxylic acids is 1. The van der Waals surface area contributed by atoms with Crippen molar-refractivity contribution in [3.63, 3.8) is 0 Å². The molecule has 0 radical (unpaired) electrons. The lowest BCUT2D eigenvalue weighted by Gasteiger charge is -2.11. The van der Waals surface area contributed by atoms with Crippen molar-refractivity contribution < 1.29 is 15.0 Å². The number of carboxylic acids is 1. The highest BCUT2D eigenvalue weighted by atomic mass is 16.4. The molecule has 0 aliphatic rings. The lowest BCUT2D eigenvalue weighted by Crippen LogP contribution is -2.38. The van der Waals surface area contributed by atoms with Gasteiger partial charge < -0.3 is 15.9 Å². The third kappa shape index (κ3) is 2.43. The van der Waals surface area contributed by atoms with E-state index in [2.05, 4.69) is 0 Å². The minimum absolute atomic E-state index is 0.187. The molecule has 4 nitrogen and oxygen atoms in total. The summed E-state index contributed by atoms with van der Waals surface area (Å²) in [7, 11) is 0. The summed E-state index contributed by atoms with van der Waals surface area (Å²) in [5.74, 6) is -1.45. The Morgan fingerprint density at radius 2 is 2.22 bits per heavy atom. The molecule has 9 heavy (non-hydrogen) atoms. The molecular formula is C5H11NO3. The number of nitrogens with two attached hydrogens (primary N) is 1. The first kappa shape index (κ1) is 8.39. The molecule has 0 heterocycles. The van der Waals surface area contributed by atoms with Crippen LogP contribution in [0.4, 0.5) is 0 Å². The summed E-state index contributed by atoms with van der Waals surface area (Å²) in [6, 6.07) is -0.949. The summed E-state index contributed by atoms with van der Waals surface area (Å²) >= 11 is 0. The maximum Gasteiger partial charge on any atom is 0.320 e. The second-order valence-corrected chi connectivity index (χ2v) is 2.02. The number of hydrogen-bond donors (Lipinski definition) is 3. The Balaban J connectivity index is 3.72. The van der Waals surface area contributed by atoms with E-state index in [1.54, 1.807) is 6.92 Å². The van der Waals surface area contributed by atoms with Crippen LogP contribution in [0.25, 0.3) is 0 Å². The highest BCUT2D eigenvalue weighted by Crippen LogP contribution is 1.97. The van der Waals surface area contributed by atoms with Gasteiger partial charge in [0.15, 0.2) is 0 Å². The van der Waals surface area contributed by atoms with Crippen molar-refractivity contribution in [1.29, 1.82) is 0 Å². The number of hydrogen-bond acceptors (Lipinski definition) is 3. The van der Waals surface area contributed by atoms with E-state index in [-0.39, 0.29) is 12.5 Å². The van der Waals surface area contributed by atoms with Crippen LogP contribution in [0.1, 0.15) is 6.92 Å². The molecule has 0 rings (SSSR count). The zero-order valence-corrected chi connectivity index (χ0v) is 5.24. The molecule has 0 fully saturated rings. The molecule has 2 atom stereocenters. The van der Waals surface area contributed by atoms with Gasteiger partial charge in [0.2, 0.25) is 0 Å². The Kier molecular flexibility index (Phi) is 3.19. The van der Waals surface area contributed by atoms with E-state index in [1.165, 1.54) is 0 Å². The first-order valence-electron chi connectivity index (χ1n) is 2.68. The molecule has 54 valence electrons. The van der Waals surface area contributed by atoms with Gasteiger partial charge in [-0.1, -0.05) is 6.92 Å². The standard InChI is InChI=1S/C5H11NO3/c1-3(2-7)4(6)5(8)9/h3-4,7H,2,6H2,1H3,(H,8,9)/t3?,4-/m0/s1. The lowest BCUT2D eigenvalue weighted by molar-refractivity contribution is -0.140. The molecule has 0 aromatic carbocycles. The fraction of sp³-hybridized carbons (Fsp3) is 0.800. The first-order valence-corrected chi connectivity index (χ1v) is 2.68. The molecule has 1 unspecified atom stereocenters. The summed E-state index contributed by atoms with van der Waals surface area (Å²) in [5, 5.41) is 16.7. The topological polar surface area (TPSA) is 83.5 Å². The molecule has 0 amide bonds. The number of carboxylic acid groups (broad SMARTS) is 1. The fourth-order valence-electron chi connectivity index (χ4n) is 0.357. The van der Waals surface area contributed by atoms with E-state index in [9.17, 15) is 4.79 Å². The molecule has 0 aliphatic carbocycles. The second-order valence-electron chi connectivity index (χ2n) is 2.02. The van der Waals surface area contributed by atoms with Crippen LogP contribution in [0, 0.1) is 5.92 Å². The minimum Gasteiger partial charge on any atom is -0.480 e. The van der Waals surface area contributed by atoms with Gasteiger partial charge in [0.25, 0.3) is 0 Å². The van der Waals surface area contributed by atoms with Gasteiger partial charge in [-0.2, -0.15) is 0 Å². The minimum atomic E-state index is -1.07. The van der Waals surface area contributed by atoms with Gasteiger partial charge in [-0.3, -0.25) is 4.79 Å². The third-order valence-electron chi connectivity index (χ3n) is 1.19. The first-order chi connectivity index (χ1) is 4.09. The van der Waals surface area contributed by atoms with Crippen LogP contribution in [0.2, 0.25) is 0 Å². The normalized spacial score (nSPS) is 16.8. The Morgan fingerprint density at radius 1 is 1.78 bits per heavy atom. The summed E-state index contributed by atoms with van der Waals surface area (Å²) in [6.07, 6.45) is 0. The van der Waals surface area contributed by atoms with Crippen LogP contribution in [-0.2, 0) is 4.79 Å². The van der Waals surface area contributed by atoms with Crippen molar-refractivity contribution in [3.05, 3.63) is 0 Å². The number of aliphatic hydroxyl groups excluding tert-OH is 1. The summed E-state index contributed by atoms with van der Waals surface area (Å²) < 4.78 is 0. The van der Waals surface area contributed by atoms with Crippen molar-refractivity contribution in [2.75, 3.05) is 6.61 Å². The molecule has 0 bridgehead atoms. The summed E-state index contributed by atoms with van der Waals surface area (Å²) in [4.78, 5) is 10.1. The second kappa shape index (κ2) is 3.42. The molecule has 4 N–H and O–H groups in total. The zero-order chi connectivity index (χ0) is 7.44. The predicted molar refractivity (Wildman–Crippen MR) is 31.9 cm³/mol. The van der Waals surface area contributed by atoms with Crippen molar-refractivity contribution >= 4 is 5.97 Å². The number of rotatable bonds is 3. The maximum absolute atomic E-state index is 10.1. The maximum atomic E-state index is 10.1. The third-order valence-corrected chi connectivity index (χ3v) is 1.19. The van der Waals surface area contributed by atoms with Crippen LogP contribution < -0.4 is 5.73 Å². The summed E-state index contributed by atoms with van der Waals surface area (Å²) in [5.41, 5.74) is 5.11. The summed E-state index contributed by atoms with van der Waals surface area (Å²) in [6.45, 7) is 1.40. The Bertz CT molecular complexity index is 104. The molecule has 0 saturated carbocycles. The van der Waals surface area contributed by atoms with Crippen LogP contribution in [0.5, 0.6) is 0 Å². The quantitative estimate of drug-likeness (QED) is 0.462. The molecule has 0 aliphatic heterocycles. The van der Waals surface area contributed by atoms with Gasteiger partial charge in [-0.05, 0) is 0 Å². The molecule has 0 saturated heterocycles. The van der Waals surface area contributed by atoms with Gasteiger partial charge in [0.05, 0.1) is 0 Å². The van der Waals surface area contributed by atoms with Crippen LogP contribution >= 0.6 is 0 Å². The van der Waals surface area contributed by atoms with Crippen molar-refractivity contribution in [2.24, 2.45) is 11.7 Å². The van der Waals surface area contributed by atoms with E-state index in [0.717, 1.165) is 0 Å². The zero-order valence-electron chi connectivity index (χ0n) is 5.24. The van der Waals surface area contributed by atoms with Crippen molar-refractivity contribution in [2.45, 2.75) is 13.0 Å². The molecule has 0 aromatic rings. The molecule has 4 heteroatoms. The lowest BCUT2D eigenvalue weighted by atomic mass is 10.1. The largest absolute Gasteiger partial charge is 0.480 e. The average Bonchev–Trinajstić information content (AvgIpc) is 1.84. The highest BCUT2D eigenvalue weighted by Gasteiger charge is 2.18. The Labute approximate surface area is 53.3 Å². The van der Waals surface area contributed by atoms with Gasteiger partial charge in [0.1, 0.15) is 6.04 Å². The number of carbonyl (C=O) groups is 1. The van der Waals surface area contributed by atoms with Gasteiger partial charge in [0, 0.05) is 12.5 Å². The van der Waals surface area contributed by atoms with Crippen molar-refractivity contribution in [3.8, 4) is 0 Å².